The molecule has 1 aromatic carbocycles. The van der Waals surface area contributed by atoms with Crippen LogP contribution >= 0.6 is 0 Å². The third kappa shape index (κ3) is 1.65. The number of fused-ring (bicyclic) bond motifs is 1. The lowest BCUT2D eigenvalue weighted by Crippen LogP contribution is -1.88. The predicted octanol–water partition coefficient (Wildman–Crippen LogP) is 3.02. The van der Waals surface area contributed by atoms with Crippen molar-refractivity contribution in [3.63, 3.8) is 0 Å². The molecule has 1 N–H and O–H groups in total. The Hall–Kier alpha value is -2.29. The summed E-state index contributed by atoms with van der Waals surface area (Å²) in [6.45, 7) is 2.06. The Morgan fingerprint density at radius 3 is 2.65 bits per heavy atom. The summed E-state index contributed by atoms with van der Waals surface area (Å²) in [7, 11) is 0. The maximum Gasteiger partial charge on any atom is 0.144 e. The second-order valence-electron chi connectivity index (χ2n) is 4.13. The topological polar surface area (TPSA) is 37.5 Å². The van der Waals surface area contributed by atoms with Crippen molar-refractivity contribution in [3.05, 3.63) is 54.4 Å². The average Bonchev–Trinajstić information content (AvgIpc) is 2.73. The van der Waals surface area contributed by atoms with E-state index in [0.29, 0.717) is 0 Å². The molecule has 0 amide bonds. The monoisotopic (exact) mass is 224 g/mol. The number of hydrogen-bond donors (Lipinski definition) is 1. The van der Waals surface area contributed by atoms with Gasteiger partial charge >= 0.3 is 0 Å². The molecule has 0 radical (unpaired) electrons. The van der Waals surface area contributed by atoms with Gasteiger partial charge in [0.1, 0.15) is 11.6 Å². The molecule has 0 aliphatic rings. The third-order valence-corrected chi connectivity index (χ3v) is 2.83. The van der Waals surface area contributed by atoms with Crippen LogP contribution in [0, 0.1) is 6.92 Å². The van der Waals surface area contributed by atoms with Gasteiger partial charge in [-0.05, 0) is 13.0 Å². The lowest BCUT2D eigenvalue weighted by atomic mass is 10.1. The van der Waals surface area contributed by atoms with E-state index in [1.165, 1.54) is 5.56 Å². The van der Waals surface area contributed by atoms with Crippen molar-refractivity contribution in [2.24, 2.45) is 0 Å². The quantitative estimate of drug-likeness (QED) is 0.690. The molecule has 2 aromatic heterocycles. The van der Waals surface area contributed by atoms with Crippen molar-refractivity contribution in [2.45, 2.75) is 6.92 Å². The molecule has 0 saturated carbocycles. The van der Waals surface area contributed by atoms with Gasteiger partial charge in [-0.2, -0.15) is 0 Å². The first kappa shape index (κ1) is 9.90. The first-order valence-corrected chi connectivity index (χ1v) is 5.47. The highest BCUT2D eigenvalue weighted by Crippen LogP contribution is 2.22. The minimum absolute atomic E-state index is 0.257. The van der Waals surface area contributed by atoms with E-state index in [0.717, 1.165) is 16.9 Å². The van der Waals surface area contributed by atoms with Crippen molar-refractivity contribution < 1.29 is 5.11 Å². The van der Waals surface area contributed by atoms with E-state index >= 15 is 0 Å². The van der Waals surface area contributed by atoms with Crippen LogP contribution in [-0.4, -0.2) is 14.5 Å². The zero-order valence-corrected chi connectivity index (χ0v) is 9.46. The van der Waals surface area contributed by atoms with Crippen LogP contribution in [0.1, 0.15) is 5.56 Å². The number of imidazole rings is 1. The van der Waals surface area contributed by atoms with Gasteiger partial charge in [0.25, 0.3) is 0 Å². The number of aromatic nitrogens is 2. The number of benzene rings is 1. The Morgan fingerprint density at radius 2 is 1.88 bits per heavy atom. The van der Waals surface area contributed by atoms with E-state index in [1.54, 1.807) is 18.3 Å². The first-order chi connectivity index (χ1) is 8.24. The second-order valence-corrected chi connectivity index (χ2v) is 4.13. The molecule has 17 heavy (non-hydrogen) atoms. The van der Waals surface area contributed by atoms with Gasteiger partial charge in [-0.3, -0.25) is 4.40 Å². The summed E-state index contributed by atoms with van der Waals surface area (Å²) in [6, 6.07) is 11.6. The van der Waals surface area contributed by atoms with E-state index in [1.807, 2.05) is 10.6 Å². The van der Waals surface area contributed by atoms with Crippen LogP contribution < -0.4 is 0 Å². The summed E-state index contributed by atoms with van der Waals surface area (Å²) in [5.41, 5.74) is 3.19. The van der Waals surface area contributed by atoms with Gasteiger partial charge in [0.2, 0.25) is 0 Å². The van der Waals surface area contributed by atoms with Crippen molar-refractivity contribution >= 4 is 5.52 Å². The lowest BCUT2D eigenvalue weighted by Gasteiger charge is -2.02. The fraction of sp³-hybridized carbons (Fsp3) is 0.0714. The average molecular weight is 224 g/mol. The van der Waals surface area contributed by atoms with Crippen molar-refractivity contribution in [2.75, 3.05) is 0 Å². The van der Waals surface area contributed by atoms with Gasteiger partial charge in [-0.15, -0.1) is 0 Å². The minimum Gasteiger partial charge on any atom is -0.508 e. The molecule has 0 unspecified atom stereocenters. The molecule has 0 bridgehead atoms. The Morgan fingerprint density at radius 1 is 1.12 bits per heavy atom. The minimum atomic E-state index is 0.257. The van der Waals surface area contributed by atoms with Crippen LogP contribution in [-0.2, 0) is 0 Å². The Kier molecular flexibility index (Phi) is 2.11. The summed E-state index contributed by atoms with van der Waals surface area (Å²) in [6.07, 6.45) is 3.59. The standard InChI is InChI=1S/C14H12N2O/c1-10-2-4-11(5-3-10)14-15-9-12-8-13(17)6-7-16(12)14/h2-9,17H,1H3. The van der Waals surface area contributed by atoms with Crippen molar-refractivity contribution in [1.29, 1.82) is 0 Å². The van der Waals surface area contributed by atoms with Crippen LogP contribution in [0.25, 0.3) is 16.9 Å². The van der Waals surface area contributed by atoms with E-state index < -0.39 is 0 Å². The highest BCUT2D eigenvalue weighted by Gasteiger charge is 2.06. The molecular weight excluding hydrogens is 212 g/mol. The number of rotatable bonds is 1. The van der Waals surface area contributed by atoms with Gasteiger partial charge in [-0.1, -0.05) is 29.8 Å². The fourth-order valence-electron chi connectivity index (χ4n) is 1.90. The highest BCUT2D eigenvalue weighted by atomic mass is 16.3. The SMILES string of the molecule is Cc1ccc(-c2ncc3cc(O)ccn23)cc1. The largest absolute Gasteiger partial charge is 0.508 e. The molecule has 3 heteroatoms. The molecule has 0 fully saturated rings. The Balaban J connectivity index is 2.21. The van der Waals surface area contributed by atoms with Gasteiger partial charge in [0.15, 0.2) is 0 Å². The molecule has 84 valence electrons. The number of aryl methyl sites for hydroxylation is 1. The third-order valence-electron chi connectivity index (χ3n) is 2.83. The van der Waals surface area contributed by atoms with Gasteiger partial charge in [-0.25, -0.2) is 4.98 Å². The molecule has 0 atom stereocenters. The summed E-state index contributed by atoms with van der Waals surface area (Å²) >= 11 is 0. The van der Waals surface area contributed by atoms with Crippen molar-refractivity contribution in [1.82, 2.24) is 9.38 Å². The summed E-state index contributed by atoms with van der Waals surface area (Å²) in [4.78, 5) is 4.39. The number of nitrogens with zero attached hydrogens (tertiary/aromatic N) is 2. The summed E-state index contributed by atoms with van der Waals surface area (Å²) in [5.74, 6) is 1.15. The van der Waals surface area contributed by atoms with Crippen LogP contribution in [0.15, 0.2) is 48.8 Å². The number of hydrogen-bond acceptors (Lipinski definition) is 2. The maximum absolute atomic E-state index is 9.41. The number of pyridine rings is 1. The van der Waals surface area contributed by atoms with Crippen LogP contribution in [0.4, 0.5) is 0 Å². The van der Waals surface area contributed by atoms with E-state index in [4.69, 9.17) is 0 Å². The van der Waals surface area contributed by atoms with Crippen LogP contribution in [0.2, 0.25) is 0 Å². The van der Waals surface area contributed by atoms with Crippen LogP contribution in [0.3, 0.4) is 0 Å². The van der Waals surface area contributed by atoms with Gasteiger partial charge < -0.3 is 5.11 Å². The van der Waals surface area contributed by atoms with Gasteiger partial charge in [0, 0.05) is 17.8 Å². The van der Waals surface area contributed by atoms with Crippen LogP contribution in [0.5, 0.6) is 5.75 Å². The zero-order chi connectivity index (χ0) is 11.8. The van der Waals surface area contributed by atoms with E-state index in [9.17, 15) is 5.11 Å². The summed E-state index contributed by atoms with van der Waals surface area (Å²) in [5, 5.41) is 9.41. The van der Waals surface area contributed by atoms with Crippen molar-refractivity contribution in [3.8, 4) is 17.1 Å². The predicted molar refractivity (Wildman–Crippen MR) is 67.0 cm³/mol. The molecular formula is C14H12N2O. The highest BCUT2D eigenvalue weighted by molar-refractivity contribution is 5.63. The molecule has 0 saturated heterocycles. The molecule has 3 aromatic rings. The molecule has 2 heterocycles. The molecule has 0 aliphatic carbocycles. The Bertz CT molecular complexity index is 668. The molecule has 0 spiro atoms. The fourth-order valence-corrected chi connectivity index (χ4v) is 1.90. The van der Waals surface area contributed by atoms with Gasteiger partial charge in [0.05, 0.1) is 11.7 Å². The normalized spacial score (nSPS) is 10.9. The number of aromatic hydroxyl groups is 1. The summed E-state index contributed by atoms with van der Waals surface area (Å²) < 4.78 is 1.96. The van der Waals surface area contributed by atoms with E-state index in [-0.39, 0.29) is 5.75 Å². The maximum atomic E-state index is 9.41. The second kappa shape index (κ2) is 3.63. The smallest absolute Gasteiger partial charge is 0.144 e. The molecule has 0 aliphatic heterocycles. The lowest BCUT2D eigenvalue weighted by molar-refractivity contribution is 0.475. The van der Waals surface area contributed by atoms with E-state index in [2.05, 4.69) is 36.2 Å². The molecule has 3 nitrogen and oxygen atoms in total. The first-order valence-electron chi connectivity index (χ1n) is 5.47. The Labute approximate surface area is 99.0 Å². The molecule has 3 rings (SSSR count). The zero-order valence-electron chi connectivity index (χ0n) is 9.46.